The number of benzene rings is 4. The van der Waals surface area contributed by atoms with Gasteiger partial charge in [0.25, 0.3) is 0 Å². The lowest BCUT2D eigenvalue weighted by Crippen LogP contribution is -2.34. The van der Waals surface area contributed by atoms with Crippen molar-refractivity contribution in [3.8, 4) is 5.75 Å². The summed E-state index contributed by atoms with van der Waals surface area (Å²) < 4.78 is 0. The van der Waals surface area contributed by atoms with E-state index in [0.29, 0.717) is 12.6 Å². The molecule has 0 unspecified atom stereocenters. The molecule has 3 nitrogen and oxygen atoms in total. The van der Waals surface area contributed by atoms with Crippen molar-refractivity contribution in [2.45, 2.75) is 37.8 Å². The van der Waals surface area contributed by atoms with Crippen LogP contribution in [0.15, 0.2) is 102 Å². The predicted molar refractivity (Wildman–Crippen MR) is 142 cm³/mol. The summed E-state index contributed by atoms with van der Waals surface area (Å²) in [5.74, 6) is 0.274. The Morgan fingerprint density at radius 1 is 0.824 bits per heavy atom. The van der Waals surface area contributed by atoms with Crippen molar-refractivity contribution in [1.29, 1.82) is 0 Å². The highest BCUT2D eigenvalue weighted by molar-refractivity contribution is 6.02. The summed E-state index contributed by atoms with van der Waals surface area (Å²) >= 11 is 0. The Kier molecular flexibility index (Phi) is 7.02. The molecule has 0 aliphatic carbocycles. The molecular weight excluding hydrogens is 416 g/mol. The molecule has 1 N–H and O–H groups in total. The Morgan fingerprint density at radius 2 is 1.56 bits per heavy atom. The number of phenolic OH excluding ortho intramolecular Hbond substituents is 1. The first-order valence-corrected chi connectivity index (χ1v) is 12.4. The van der Waals surface area contributed by atoms with Crippen LogP contribution in [0.1, 0.15) is 54.5 Å². The summed E-state index contributed by atoms with van der Waals surface area (Å²) in [4.78, 5) is 7.60. The topological polar surface area (TPSA) is 35.8 Å². The highest BCUT2D eigenvalue weighted by Gasteiger charge is 2.29. The monoisotopic (exact) mass is 448 g/mol. The van der Waals surface area contributed by atoms with Crippen molar-refractivity contribution in [3.63, 3.8) is 0 Å². The van der Waals surface area contributed by atoms with E-state index in [-0.39, 0.29) is 11.8 Å². The standard InChI is InChI=1S/C31H32N2O/c34-31-20-19-24-12-9-10-17-27(24)28(31)22-32-23-30(26-15-6-2-7-16-26)33-21-11-3-8-18-29(33)25-13-4-1-5-14-25/h1-2,4-7,9-10,12-17,19-20,22,29-30,34H,3,8,11,18,21,23H2/t29-,30-/m0/s1. The van der Waals surface area contributed by atoms with Gasteiger partial charge in [-0.2, -0.15) is 0 Å². The lowest BCUT2D eigenvalue weighted by Gasteiger charge is -2.37. The number of hydrogen-bond donors (Lipinski definition) is 1. The van der Waals surface area contributed by atoms with Gasteiger partial charge in [0.15, 0.2) is 0 Å². The van der Waals surface area contributed by atoms with Crippen LogP contribution in [0.4, 0.5) is 0 Å². The zero-order valence-corrected chi connectivity index (χ0v) is 19.6. The van der Waals surface area contributed by atoms with Gasteiger partial charge in [0.1, 0.15) is 5.75 Å². The third kappa shape index (κ3) is 4.90. The third-order valence-electron chi connectivity index (χ3n) is 7.01. The maximum absolute atomic E-state index is 10.6. The van der Waals surface area contributed by atoms with Gasteiger partial charge in [-0.3, -0.25) is 9.89 Å². The van der Waals surface area contributed by atoms with Crippen molar-refractivity contribution >= 4 is 17.0 Å². The summed E-state index contributed by atoms with van der Waals surface area (Å²) in [5.41, 5.74) is 3.48. The highest BCUT2D eigenvalue weighted by atomic mass is 16.3. The molecule has 0 amide bonds. The largest absolute Gasteiger partial charge is 0.507 e. The number of likely N-dealkylation sites (tertiary alicyclic amines) is 1. The molecule has 5 rings (SSSR count). The fraction of sp³-hybridized carbons (Fsp3) is 0.258. The summed E-state index contributed by atoms with van der Waals surface area (Å²) in [5, 5.41) is 12.7. The number of phenols is 1. The Morgan fingerprint density at radius 3 is 2.38 bits per heavy atom. The molecule has 34 heavy (non-hydrogen) atoms. The quantitative estimate of drug-likeness (QED) is 0.314. The second kappa shape index (κ2) is 10.7. The molecular formula is C31H32N2O. The van der Waals surface area contributed by atoms with E-state index in [2.05, 4.69) is 71.6 Å². The third-order valence-corrected chi connectivity index (χ3v) is 7.01. The molecule has 172 valence electrons. The van der Waals surface area contributed by atoms with E-state index >= 15 is 0 Å². The van der Waals surface area contributed by atoms with E-state index in [1.54, 1.807) is 6.07 Å². The molecule has 0 spiro atoms. The van der Waals surface area contributed by atoms with Crippen LogP contribution < -0.4 is 0 Å². The molecule has 4 aromatic carbocycles. The number of aromatic hydroxyl groups is 1. The average Bonchev–Trinajstić information content (AvgIpc) is 3.15. The van der Waals surface area contributed by atoms with Crippen LogP contribution in [0.5, 0.6) is 5.75 Å². The van der Waals surface area contributed by atoms with Gasteiger partial charge in [0, 0.05) is 17.8 Å². The Balaban J connectivity index is 1.49. The highest BCUT2D eigenvalue weighted by Crippen LogP contribution is 2.37. The van der Waals surface area contributed by atoms with Crippen LogP contribution in [-0.4, -0.2) is 29.3 Å². The van der Waals surface area contributed by atoms with Crippen molar-refractivity contribution in [2.75, 3.05) is 13.1 Å². The Bertz CT molecular complexity index is 1240. The van der Waals surface area contributed by atoms with E-state index in [0.717, 1.165) is 22.9 Å². The minimum Gasteiger partial charge on any atom is -0.507 e. The smallest absolute Gasteiger partial charge is 0.124 e. The van der Waals surface area contributed by atoms with E-state index in [1.165, 1.54) is 36.8 Å². The molecule has 0 saturated carbocycles. The van der Waals surface area contributed by atoms with E-state index in [9.17, 15) is 5.11 Å². The molecule has 1 fully saturated rings. The first-order valence-electron chi connectivity index (χ1n) is 12.4. The molecule has 1 aliphatic heterocycles. The van der Waals surface area contributed by atoms with Gasteiger partial charge in [0.05, 0.1) is 12.6 Å². The van der Waals surface area contributed by atoms with Gasteiger partial charge in [-0.05, 0) is 47.4 Å². The Hall–Kier alpha value is -3.43. The lowest BCUT2D eigenvalue weighted by molar-refractivity contribution is 0.140. The lowest BCUT2D eigenvalue weighted by atomic mass is 9.97. The second-order valence-corrected chi connectivity index (χ2v) is 9.15. The molecule has 3 heteroatoms. The molecule has 1 saturated heterocycles. The molecule has 2 atom stereocenters. The number of fused-ring (bicyclic) bond motifs is 1. The van der Waals surface area contributed by atoms with Crippen molar-refractivity contribution in [3.05, 3.63) is 114 Å². The first-order chi connectivity index (χ1) is 16.8. The first kappa shape index (κ1) is 22.4. The summed E-state index contributed by atoms with van der Waals surface area (Å²) in [7, 11) is 0. The average molecular weight is 449 g/mol. The zero-order valence-electron chi connectivity index (χ0n) is 19.6. The summed E-state index contributed by atoms with van der Waals surface area (Å²) in [6.45, 7) is 1.71. The molecule has 0 radical (unpaired) electrons. The van der Waals surface area contributed by atoms with E-state index < -0.39 is 0 Å². The van der Waals surface area contributed by atoms with Gasteiger partial charge < -0.3 is 5.11 Å². The number of aliphatic imine (C=N–C) groups is 1. The van der Waals surface area contributed by atoms with Crippen LogP contribution in [0, 0.1) is 0 Å². The molecule has 1 aliphatic rings. The molecule has 1 heterocycles. The maximum Gasteiger partial charge on any atom is 0.124 e. The van der Waals surface area contributed by atoms with Gasteiger partial charge in [-0.15, -0.1) is 0 Å². The molecule has 0 aromatic heterocycles. The van der Waals surface area contributed by atoms with Crippen LogP contribution >= 0.6 is 0 Å². The number of hydrogen-bond acceptors (Lipinski definition) is 3. The SMILES string of the molecule is Oc1ccc2ccccc2c1C=NC[C@@H](c1ccccc1)N1CCCCC[C@H]1c1ccccc1. The summed E-state index contributed by atoms with van der Waals surface area (Å²) in [6, 6.07) is 34.1. The number of rotatable bonds is 6. The van der Waals surface area contributed by atoms with Crippen LogP contribution in [0.3, 0.4) is 0 Å². The minimum absolute atomic E-state index is 0.179. The fourth-order valence-electron chi connectivity index (χ4n) is 5.28. The van der Waals surface area contributed by atoms with Gasteiger partial charge in [-0.1, -0.05) is 104 Å². The summed E-state index contributed by atoms with van der Waals surface area (Å²) in [6.07, 6.45) is 6.77. The molecule has 0 bridgehead atoms. The van der Waals surface area contributed by atoms with Crippen LogP contribution in [0.2, 0.25) is 0 Å². The fourth-order valence-corrected chi connectivity index (χ4v) is 5.28. The molecule has 4 aromatic rings. The predicted octanol–water partition coefficient (Wildman–Crippen LogP) is 7.32. The van der Waals surface area contributed by atoms with Gasteiger partial charge in [0.2, 0.25) is 0 Å². The van der Waals surface area contributed by atoms with Crippen LogP contribution in [0.25, 0.3) is 10.8 Å². The minimum atomic E-state index is 0.179. The van der Waals surface area contributed by atoms with Crippen molar-refractivity contribution < 1.29 is 5.11 Å². The van der Waals surface area contributed by atoms with E-state index in [4.69, 9.17) is 4.99 Å². The zero-order chi connectivity index (χ0) is 23.2. The van der Waals surface area contributed by atoms with Crippen LogP contribution in [-0.2, 0) is 0 Å². The van der Waals surface area contributed by atoms with Gasteiger partial charge >= 0.3 is 0 Å². The second-order valence-electron chi connectivity index (χ2n) is 9.15. The van der Waals surface area contributed by atoms with E-state index in [1.807, 2.05) is 30.5 Å². The van der Waals surface area contributed by atoms with Crippen molar-refractivity contribution in [1.82, 2.24) is 4.90 Å². The Labute approximate surface area is 202 Å². The normalized spacial score (nSPS) is 18.2. The van der Waals surface area contributed by atoms with Gasteiger partial charge in [-0.25, -0.2) is 0 Å². The van der Waals surface area contributed by atoms with Crippen molar-refractivity contribution in [2.24, 2.45) is 4.99 Å². The maximum atomic E-state index is 10.6. The number of nitrogens with zero attached hydrogens (tertiary/aromatic N) is 2.